The van der Waals surface area contributed by atoms with Gasteiger partial charge in [-0.3, -0.25) is 9.59 Å². The van der Waals surface area contributed by atoms with Gasteiger partial charge in [0.15, 0.2) is 5.78 Å². The Morgan fingerprint density at radius 1 is 1.07 bits per heavy atom. The smallest absolute Gasteiger partial charge is 0.259 e. The molecule has 0 unspecified atom stereocenters. The molecule has 0 aliphatic rings. The zero-order chi connectivity index (χ0) is 19.0. The Labute approximate surface area is 156 Å². The van der Waals surface area contributed by atoms with E-state index in [0.29, 0.717) is 28.8 Å². The zero-order valence-electron chi connectivity index (χ0n) is 15.2. The van der Waals surface area contributed by atoms with Gasteiger partial charge in [-0.2, -0.15) is 0 Å². The van der Waals surface area contributed by atoms with Crippen LogP contribution in [-0.2, 0) is 6.54 Å². The first kappa shape index (κ1) is 17.0. The van der Waals surface area contributed by atoms with Gasteiger partial charge in [-0.1, -0.05) is 18.2 Å². The fourth-order valence-corrected chi connectivity index (χ4v) is 3.26. The molecule has 0 amide bonds. The Bertz CT molecular complexity index is 1220. The summed E-state index contributed by atoms with van der Waals surface area (Å²) >= 11 is 0. The molecule has 0 aliphatic heterocycles. The lowest BCUT2D eigenvalue weighted by Crippen LogP contribution is -2.10. The number of anilines is 1. The van der Waals surface area contributed by atoms with Crippen LogP contribution in [0.3, 0.4) is 0 Å². The summed E-state index contributed by atoms with van der Waals surface area (Å²) in [5.74, 6) is 0.663. The van der Waals surface area contributed by atoms with Crippen molar-refractivity contribution in [1.29, 1.82) is 0 Å². The van der Waals surface area contributed by atoms with Crippen LogP contribution < -0.4 is 10.9 Å². The quantitative estimate of drug-likeness (QED) is 0.424. The van der Waals surface area contributed by atoms with Crippen molar-refractivity contribution in [2.45, 2.75) is 20.4 Å². The van der Waals surface area contributed by atoms with Crippen LogP contribution in [0.5, 0.6) is 0 Å². The first-order valence-electron chi connectivity index (χ1n) is 8.78. The van der Waals surface area contributed by atoms with Crippen LogP contribution >= 0.6 is 0 Å². The highest BCUT2D eigenvalue weighted by molar-refractivity contribution is 6.05. The van der Waals surface area contributed by atoms with Crippen molar-refractivity contribution in [3.8, 4) is 0 Å². The van der Waals surface area contributed by atoms with E-state index in [1.165, 1.54) is 0 Å². The molecule has 0 spiro atoms. The molecule has 0 aliphatic carbocycles. The van der Waals surface area contributed by atoms with Crippen molar-refractivity contribution in [1.82, 2.24) is 9.97 Å². The lowest BCUT2D eigenvalue weighted by Gasteiger charge is -2.09. The molecule has 2 N–H and O–H groups in total. The molecule has 0 saturated heterocycles. The number of hydrogen-bond donors (Lipinski definition) is 2. The summed E-state index contributed by atoms with van der Waals surface area (Å²) in [6, 6.07) is 17.4. The largest absolute Gasteiger partial charge is 0.381 e. The predicted molar refractivity (Wildman–Crippen MR) is 108 cm³/mol. The van der Waals surface area contributed by atoms with Gasteiger partial charge in [0.1, 0.15) is 5.82 Å². The topological polar surface area (TPSA) is 74.8 Å². The summed E-state index contributed by atoms with van der Waals surface area (Å²) in [4.78, 5) is 31.0. The minimum absolute atomic E-state index is 0.0528. The van der Waals surface area contributed by atoms with Gasteiger partial charge in [-0.05, 0) is 66.6 Å². The molecule has 0 radical (unpaired) electrons. The van der Waals surface area contributed by atoms with Crippen molar-refractivity contribution in [2.75, 3.05) is 5.32 Å². The number of aromatic amines is 1. The Balaban J connectivity index is 1.67. The molecule has 5 nitrogen and oxygen atoms in total. The van der Waals surface area contributed by atoms with E-state index in [9.17, 15) is 9.59 Å². The number of Topliss-reactive ketones (excluding diaryl/α,β-unsaturated/α-hetero) is 1. The second-order valence-corrected chi connectivity index (χ2v) is 6.65. The summed E-state index contributed by atoms with van der Waals surface area (Å²) < 4.78 is 0. The van der Waals surface area contributed by atoms with Crippen molar-refractivity contribution in [2.24, 2.45) is 0 Å². The lowest BCUT2D eigenvalue weighted by atomic mass is 10.0. The number of benzene rings is 3. The lowest BCUT2D eigenvalue weighted by molar-refractivity contribution is 0.101. The van der Waals surface area contributed by atoms with Gasteiger partial charge in [-0.25, -0.2) is 4.98 Å². The Kier molecular flexibility index (Phi) is 4.20. The van der Waals surface area contributed by atoms with Gasteiger partial charge in [0.2, 0.25) is 0 Å². The van der Waals surface area contributed by atoms with Crippen LogP contribution in [0.1, 0.15) is 28.7 Å². The maximum absolute atomic E-state index is 12.5. The molecule has 4 aromatic rings. The summed E-state index contributed by atoms with van der Waals surface area (Å²) in [5.41, 5.74) is 3.28. The number of hydrogen-bond acceptors (Lipinski definition) is 4. The van der Waals surface area contributed by atoms with E-state index in [4.69, 9.17) is 0 Å². The molecule has 27 heavy (non-hydrogen) atoms. The molecule has 0 atom stereocenters. The zero-order valence-corrected chi connectivity index (χ0v) is 15.2. The van der Waals surface area contributed by atoms with Crippen molar-refractivity contribution in [3.63, 3.8) is 0 Å². The minimum atomic E-state index is -0.118. The van der Waals surface area contributed by atoms with E-state index in [1.54, 1.807) is 13.8 Å². The van der Waals surface area contributed by atoms with E-state index < -0.39 is 0 Å². The van der Waals surface area contributed by atoms with E-state index in [-0.39, 0.29) is 11.3 Å². The normalized spacial score (nSPS) is 11.0. The Morgan fingerprint density at radius 3 is 2.56 bits per heavy atom. The first-order valence-corrected chi connectivity index (χ1v) is 8.78. The molecular formula is C22H19N3O2. The standard InChI is InChI=1S/C22H19N3O2/c1-13(26)16-5-8-18(9-6-16)23-12-15-3-4-17-7-10-20-21(19(17)11-15)22(27)25-14(2)24-20/h3-11,23H,12H2,1-2H3,(H,24,25,27). The van der Waals surface area contributed by atoms with Gasteiger partial charge in [-0.15, -0.1) is 0 Å². The third-order valence-electron chi connectivity index (χ3n) is 4.66. The van der Waals surface area contributed by atoms with Gasteiger partial charge < -0.3 is 10.3 Å². The van der Waals surface area contributed by atoms with Crippen LogP contribution in [0.25, 0.3) is 21.7 Å². The Hall–Kier alpha value is -3.47. The summed E-state index contributed by atoms with van der Waals surface area (Å²) in [5, 5.41) is 5.87. The van der Waals surface area contributed by atoms with Crippen LogP contribution in [0, 0.1) is 6.92 Å². The predicted octanol–water partition coefficient (Wildman–Crippen LogP) is 4.20. The number of fused-ring (bicyclic) bond motifs is 3. The average molecular weight is 357 g/mol. The summed E-state index contributed by atoms with van der Waals surface area (Å²) in [6.45, 7) is 3.95. The van der Waals surface area contributed by atoms with E-state index in [2.05, 4.69) is 15.3 Å². The number of ketones is 1. The number of aryl methyl sites for hydroxylation is 1. The number of nitrogens with one attached hydrogen (secondary N) is 2. The highest BCUT2D eigenvalue weighted by Gasteiger charge is 2.08. The monoisotopic (exact) mass is 357 g/mol. The van der Waals surface area contributed by atoms with Crippen LogP contribution in [0.15, 0.2) is 59.4 Å². The number of rotatable bonds is 4. The van der Waals surface area contributed by atoms with E-state index in [1.807, 2.05) is 54.6 Å². The molecule has 0 saturated carbocycles. The maximum Gasteiger partial charge on any atom is 0.259 e. The minimum Gasteiger partial charge on any atom is -0.381 e. The second kappa shape index (κ2) is 6.68. The maximum atomic E-state index is 12.5. The van der Waals surface area contributed by atoms with Crippen molar-refractivity contribution < 1.29 is 4.79 Å². The van der Waals surface area contributed by atoms with Crippen molar-refractivity contribution >= 4 is 33.1 Å². The number of carbonyl (C=O) groups excluding carboxylic acids is 1. The number of carbonyl (C=O) groups is 1. The second-order valence-electron chi connectivity index (χ2n) is 6.65. The van der Waals surface area contributed by atoms with E-state index in [0.717, 1.165) is 22.0 Å². The highest BCUT2D eigenvalue weighted by Crippen LogP contribution is 2.23. The molecule has 3 aromatic carbocycles. The third kappa shape index (κ3) is 3.31. The Morgan fingerprint density at radius 2 is 1.81 bits per heavy atom. The first-order chi connectivity index (χ1) is 13.0. The van der Waals surface area contributed by atoms with Gasteiger partial charge in [0, 0.05) is 17.8 Å². The molecule has 1 aromatic heterocycles. The third-order valence-corrected chi connectivity index (χ3v) is 4.66. The molecule has 5 heteroatoms. The summed E-state index contributed by atoms with van der Waals surface area (Å²) in [6.07, 6.45) is 0. The molecule has 0 fully saturated rings. The van der Waals surface area contributed by atoms with Crippen molar-refractivity contribution in [3.05, 3.63) is 81.9 Å². The highest BCUT2D eigenvalue weighted by atomic mass is 16.1. The molecule has 0 bridgehead atoms. The molecule has 134 valence electrons. The SMILES string of the molecule is CC(=O)c1ccc(NCc2ccc3ccc4nc(C)[nH]c(=O)c4c3c2)cc1. The van der Waals surface area contributed by atoms with Crippen LogP contribution in [0.2, 0.25) is 0 Å². The number of nitrogens with zero attached hydrogens (tertiary/aromatic N) is 1. The number of H-pyrrole nitrogens is 1. The van der Waals surface area contributed by atoms with E-state index >= 15 is 0 Å². The molecular weight excluding hydrogens is 338 g/mol. The fourth-order valence-electron chi connectivity index (χ4n) is 3.26. The van der Waals surface area contributed by atoms with Gasteiger partial charge in [0.05, 0.1) is 10.9 Å². The fraction of sp³-hybridized carbons (Fsp3) is 0.136. The number of aromatic nitrogens is 2. The molecule has 1 heterocycles. The van der Waals surface area contributed by atoms with Gasteiger partial charge >= 0.3 is 0 Å². The van der Waals surface area contributed by atoms with Crippen LogP contribution in [-0.4, -0.2) is 15.8 Å². The average Bonchev–Trinajstić information content (AvgIpc) is 2.65. The van der Waals surface area contributed by atoms with Crippen LogP contribution in [0.4, 0.5) is 5.69 Å². The van der Waals surface area contributed by atoms with Gasteiger partial charge in [0.25, 0.3) is 5.56 Å². The molecule has 4 rings (SSSR count). The summed E-state index contributed by atoms with van der Waals surface area (Å²) in [7, 11) is 0.